The van der Waals surface area contributed by atoms with E-state index in [1.807, 2.05) is 18.2 Å². The molecule has 0 atom stereocenters. The first kappa shape index (κ1) is 15.0. The predicted molar refractivity (Wildman–Crippen MR) is 74.8 cm³/mol. The zero-order valence-electron chi connectivity index (χ0n) is 11.0. The van der Waals surface area contributed by atoms with E-state index in [2.05, 4.69) is 11.4 Å². The largest absolute Gasteiger partial charge is 0.385 e. The number of benzene rings is 1. The highest BCUT2D eigenvalue weighted by atomic mass is 32.2. The fraction of sp³-hybridized carbons (Fsp3) is 0.538. The van der Waals surface area contributed by atoms with Crippen molar-refractivity contribution in [3.8, 4) is 0 Å². The molecule has 0 bridgehead atoms. The molecule has 0 spiro atoms. The van der Waals surface area contributed by atoms with Crippen molar-refractivity contribution in [1.82, 2.24) is 0 Å². The van der Waals surface area contributed by atoms with E-state index in [0.29, 0.717) is 19.6 Å². The monoisotopic (exact) mass is 271 g/mol. The SMILES string of the molecule is COCCc1ccccc1NCCCS(C)(=O)=O. The van der Waals surface area contributed by atoms with E-state index < -0.39 is 9.84 Å². The van der Waals surface area contributed by atoms with Crippen LogP contribution in [0.25, 0.3) is 0 Å². The minimum atomic E-state index is -2.86. The van der Waals surface area contributed by atoms with Crippen LogP contribution in [0.3, 0.4) is 0 Å². The number of hydrogen-bond donors (Lipinski definition) is 1. The van der Waals surface area contributed by atoms with Crippen LogP contribution in [0.2, 0.25) is 0 Å². The Labute approximate surface area is 109 Å². The van der Waals surface area contributed by atoms with Gasteiger partial charge in [-0.3, -0.25) is 0 Å². The molecule has 0 amide bonds. The van der Waals surface area contributed by atoms with E-state index in [0.717, 1.165) is 12.1 Å². The van der Waals surface area contributed by atoms with Crippen molar-refractivity contribution in [2.75, 3.05) is 37.6 Å². The summed E-state index contributed by atoms with van der Waals surface area (Å²) in [5, 5.41) is 3.27. The van der Waals surface area contributed by atoms with Gasteiger partial charge in [0.05, 0.1) is 12.4 Å². The van der Waals surface area contributed by atoms with Crippen LogP contribution < -0.4 is 5.32 Å². The number of methoxy groups -OCH3 is 1. The molecule has 18 heavy (non-hydrogen) atoms. The number of hydrogen-bond acceptors (Lipinski definition) is 4. The number of anilines is 1. The van der Waals surface area contributed by atoms with E-state index in [1.54, 1.807) is 7.11 Å². The number of para-hydroxylation sites is 1. The summed E-state index contributed by atoms with van der Waals surface area (Å²) < 4.78 is 27.1. The van der Waals surface area contributed by atoms with Crippen LogP contribution in [-0.2, 0) is 21.0 Å². The summed E-state index contributed by atoms with van der Waals surface area (Å²) in [6.45, 7) is 1.35. The van der Waals surface area contributed by atoms with E-state index in [1.165, 1.54) is 11.8 Å². The van der Waals surface area contributed by atoms with Crippen LogP contribution in [0.5, 0.6) is 0 Å². The number of rotatable bonds is 8. The molecule has 0 aliphatic rings. The Hall–Kier alpha value is -1.07. The van der Waals surface area contributed by atoms with Gasteiger partial charge in [-0.05, 0) is 24.5 Å². The van der Waals surface area contributed by atoms with Gasteiger partial charge in [0.15, 0.2) is 0 Å². The fourth-order valence-corrected chi connectivity index (χ4v) is 2.35. The highest BCUT2D eigenvalue weighted by Gasteiger charge is 2.03. The Kier molecular flexibility index (Phi) is 6.15. The van der Waals surface area contributed by atoms with Crippen molar-refractivity contribution < 1.29 is 13.2 Å². The highest BCUT2D eigenvalue weighted by Crippen LogP contribution is 2.15. The van der Waals surface area contributed by atoms with Crippen molar-refractivity contribution in [1.29, 1.82) is 0 Å². The molecule has 5 heteroatoms. The third-order valence-electron chi connectivity index (χ3n) is 2.60. The zero-order chi connectivity index (χ0) is 13.4. The molecule has 1 N–H and O–H groups in total. The lowest BCUT2D eigenvalue weighted by Crippen LogP contribution is -2.11. The first-order valence-corrected chi connectivity index (χ1v) is 8.07. The number of sulfone groups is 1. The normalized spacial score (nSPS) is 11.4. The molecular weight excluding hydrogens is 250 g/mol. The van der Waals surface area contributed by atoms with Gasteiger partial charge in [0.2, 0.25) is 0 Å². The van der Waals surface area contributed by atoms with Gasteiger partial charge in [-0.15, -0.1) is 0 Å². The summed E-state index contributed by atoms with van der Waals surface area (Å²) in [6, 6.07) is 8.02. The molecule has 1 rings (SSSR count). The summed E-state index contributed by atoms with van der Waals surface area (Å²) >= 11 is 0. The van der Waals surface area contributed by atoms with Crippen LogP contribution in [0, 0.1) is 0 Å². The Bertz CT molecular complexity index is 457. The summed E-state index contributed by atoms with van der Waals surface area (Å²) in [7, 11) is -1.18. The van der Waals surface area contributed by atoms with Gasteiger partial charge in [0, 0.05) is 25.6 Å². The van der Waals surface area contributed by atoms with Gasteiger partial charge in [-0.2, -0.15) is 0 Å². The van der Waals surface area contributed by atoms with Crippen LogP contribution in [0.4, 0.5) is 5.69 Å². The summed E-state index contributed by atoms with van der Waals surface area (Å²) in [5.74, 6) is 0.222. The van der Waals surface area contributed by atoms with Gasteiger partial charge < -0.3 is 10.1 Å². The zero-order valence-corrected chi connectivity index (χ0v) is 11.8. The lowest BCUT2D eigenvalue weighted by Gasteiger charge is -2.11. The molecule has 4 nitrogen and oxygen atoms in total. The van der Waals surface area contributed by atoms with Crippen LogP contribution >= 0.6 is 0 Å². The quantitative estimate of drug-likeness (QED) is 0.732. The number of nitrogens with one attached hydrogen (secondary N) is 1. The first-order valence-electron chi connectivity index (χ1n) is 6.01. The molecule has 1 aromatic rings. The van der Waals surface area contributed by atoms with Crippen LogP contribution in [0.15, 0.2) is 24.3 Å². The van der Waals surface area contributed by atoms with Gasteiger partial charge >= 0.3 is 0 Å². The highest BCUT2D eigenvalue weighted by molar-refractivity contribution is 7.90. The minimum Gasteiger partial charge on any atom is -0.385 e. The molecule has 0 aromatic heterocycles. The molecule has 1 aromatic carbocycles. The second-order valence-corrected chi connectivity index (χ2v) is 6.57. The molecule has 0 unspecified atom stereocenters. The van der Waals surface area contributed by atoms with Gasteiger partial charge in [0.25, 0.3) is 0 Å². The minimum absolute atomic E-state index is 0.222. The van der Waals surface area contributed by atoms with Gasteiger partial charge in [-0.25, -0.2) is 8.42 Å². The van der Waals surface area contributed by atoms with Gasteiger partial charge in [0.1, 0.15) is 9.84 Å². The molecule has 0 fully saturated rings. The summed E-state index contributed by atoms with van der Waals surface area (Å²) in [5.41, 5.74) is 2.25. The van der Waals surface area contributed by atoms with Crippen molar-refractivity contribution in [2.45, 2.75) is 12.8 Å². The second-order valence-electron chi connectivity index (χ2n) is 4.31. The molecule has 0 aliphatic carbocycles. The van der Waals surface area contributed by atoms with Crippen molar-refractivity contribution in [3.05, 3.63) is 29.8 Å². The van der Waals surface area contributed by atoms with E-state index in [4.69, 9.17) is 4.74 Å². The average molecular weight is 271 g/mol. The van der Waals surface area contributed by atoms with E-state index >= 15 is 0 Å². The standard InChI is InChI=1S/C13H21NO3S/c1-17-10-8-12-6-3-4-7-13(12)14-9-5-11-18(2,15)16/h3-4,6-7,14H,5,8-11H2,1-2H3. The summed E-state index contributed by atoms with van der Waals surface area (Å²) in [6.07, 6.45) is 2.74. The van der Waals surface area contributed by atoms with Crippen LogP contribution in [0.1, 0.15) is 12.0 Å². The lowest BCUT2D eigenvalue weighted by molar-refractivity contribution is 0.202. The maximum atomic E-state index is 11.0. The van der Waals surface area contributed by atoms with Crippen molar-refractivity contribution in [2.24, 2.45) is 0 Å². The molecular formula is C13H21NO3S. The third kappa shape index (κ3) is 6.02. The van der Waals surface area contributed by atoms with Crippen LogP contribution in [-0.4, -0.2) is 40.7 Å². The molecule has 0 radical (unpaired) electrons. The smallest absolute Gasteiger partial charge is 0.147 e. The molecule has 0 saturated heterocycles. The van der Waals surface area contributed by atoms with Crippen molar-refractivity contribution >= 4 is 15.5 Å². The first-order chi connectivity index (χ1) is 8.53. The Balaban J connectivity index is 2.46. The molecule has 0 heterocycles. The maximum Gasteiger partial charge on any atom is 0.147 e. The van der Waals surface area contributed by atoms with Gasteiger partial charge in [-0.1, -0.05) is 18.2 Å². The maximum absolute atomic E-state index is 11.0. The predicted octanol–water partition coefficient (Wildman–Crippen LogP) is 1.72. The Morgan fingerprint density at radius 3 is 2.67 bits per heavy atom. The Morgan fingerprint density at radius 2 is 2.00 bits per heavy atom. The fourth-order valence-electron chi connectivity index (χ4n) is 1.68. The van der Waals surface area contributed by atoms with E-state index in [9.17, 15) is 8.42 Å². The molecule has 102 valence electrons. The lowest BCUT2D eigenvalue weighted by atomic mass is 10.1. The van der Waals surface area contributed by atoms with Crippen molar-refractivity contribution in [3.63, 3.8) is 0 Å². The molecule has 0 aliphatic heterocycles. The second kappa shape index (κ2) is 7.38. The van der Waals surface area contributed by atoms with E-state index in [-0.39, 0.29) is 5.75 Å². The average Bonchev–Trinajstić information content (AvgIpc) is 2.32. The molecule has 0 saturated carbocycles. The third-order valence-corrected chi connectivity index (χ3v) is 3.63. The number of ether oxygens (including phenoxy) is 1. The Morgan fingerprint density at radius 1 is 1.28 bits per heavy atom. The topological polar surface area (TPSA) is 55.4 Å². The summed E-state index contributed by atoms with van der Waals surface area (Å²) in [4.78, 5) is 0.